The van der Waals surface area contributed by atoms with E-state index in [1.165, 1.54) is 6.08 Å². The van der Waals surface area contributed by atoms with Gasteiger partial charge in [0.1, 0.15) is 24.4 Å². The van der Waals surface area contributed by atoms with Crippen molar-refractivity contribution in [1.29, 1.82) is 0 Å². The Morgan fingerprint density at radius 2 is 1.62 bits per heavy atom. The van der Waals surface area contributed by atoms with Crippen molar-refractivity contribution < 1.29 is 49.6 Å². The third-order valence-corrected chi connectivity index (χ3v) is 6.66. The monoisotopic (exact) mass is 566 g/mol. The van der Waals surface area contributed by atoms with Gasteiger partial charge in [-0.3, -0.25) is 0 Å². The molecule has 2 heterocycles. The zero-order chi connectivity index (χ0) is 29.3. The van der Waals surface area contributed by atoms with E-state index in [1.807, 2.05) is 13.0 Å². The number of hydrogen-bond acceptors (Lipinski definition) is 10. The van der Waals surface area contributed by atoms with E-state index in [1.54, 1.807) is 48.6 Å². The molecule has 0 radical (unpaired) electrons. The first kappa shape index (κ1) is 34.1. The van der Waals surface area contributed by atoms with Gasteiger partial charge in [0.15, 0.2) is 6.29 Å². The summed E-state index contributed by atoms with van der Waals surface area (Å²) in [4.78, 5) is 12.1. The van der Waals surface area contributed by atoms with Gasteiger partial charge in [-0.05, 0) is 45.4 Å². The van der Waals surface area contributed by atoms with E-state index in [0.717, 1.165) is 32.1 Å². The number of allylic oxidation sites excluding steroid dienone is 5. The molecule has 10 nitrogen and oxygen atoms in total. The highest BCUT2D eigenvalue weighted by molar-refractivity contribution is 5.82. The van der Waals surface area contributed by atoms with E-state index in [9.17, 15) is 35.4 Å². The fraction of sp³-hybridized carbons (Fsp3) is 0.633. The maximum absolute atomic E-state index is 12.1. The molecule has 0 spiro atoms. The second-order valence-corrected chi connectivity index (χ2v) is 10.2. The molecule has 1 fully saturated rings. The Labute approximate surface area is 236 Å². The van der Waals surface area contributed by atoms with Crippen molar-refractivity contribution in [2.24, 2.45) is 0 Å². The van der Waals surface area contributed by atoms with Gasteiger partial charge in [-0.2, -0.15) is 0 Å². The van der Waals surface area contributed by atoms with Crippen LogP contribution in [0.2, 0.25) is 0 Å². The van der Waals surface area contributed by atoms with Crippen molar-refractivity contribution in [1.82, 2.24) is 0 Å². The zero-order valence-corrected chi connectivity index (χ0v) is 23.1. The van der Waals surface area contributed by atoms with Crippen LogP contribution in [0.3, 0.4) is 0 Å². The molecule has 0 bridgehead atoms. The van der Waals surface area contributed by atoms with E-state index in [4.69, 9.17) is 14.2 Å². The predicted molar refractivity (Wildman–Crippen MR) is 149 cm³/mol. The van der Waals surface area contributed by atoms with Crippen LogP contribution in [-0.4, -0.2) is 98.3 Å². The van der Waals surface area contributed by atoms with Crippen molar-refractivity contribution in [2.45, 2.75) is 113 Å². The van der Waals surface area contributed by atoms with Crippen molar-refractivity contribution in [2.75, 3.05) is 6.61 Å². The minimum atomic E-state index is -1.56. The quantitative estimate of drug-likeness (QED) is 0.219. The molecule has 226 valence electrons. The molecule has 9 atom stereocenters. The Bertz CT molecular complexity index is 865. The van der Waals surface area contributed by atoms with Gasteiger partial charge >= 0.3 is 5.97 Å². The van der Waals surface area contributed by atoms with Crippen molar-refractivity contribution in [3.8, 4) is 0 Å². The maximum Gasteiger partial charge on any atom is 0.331 e. The molecule has 2 rings (SSSR count). The number of carbonyl (C=O) groups excluding carboxylic acids is 1. The molecule has 2 aliphatic heterocycles. The van der Waals surface area contributed by atoms with Crippen LogP contribution in [0.25, 0.3) is 0 Å². The second kappa shape index (κ2) is 19.1. The molecule has 0 aromatic heterocycles. The van der Waals surface area contributed by atoms with Crippen LogP contribution >= 0.6 is 0 Å². The summed E-state index contributed by atoms with van der Waals surface area (Å²) in [5.41, 5.74) is 0. The van der Waals surface area contributed by atoms with Gasteiger partial charge in [-0.1, -0.05) is 61.1 Å². The van der Waals surface area contributed by atoms with Crippen LogP contribution in [0, 0.1) is 0 Å². The maximum atomic E-state index is 12.1. The summed E-state index contributed by atoms with van der Waals surface area (Å²) in [5, 5.41) is 60.2. The molecule has 10 heteroatoms. The van der Waals surface area contributed by atoms with Gasteiger partial charge in [0.25, 0.3) is 0 Å². The zero-order valence-electron chi connectivity index (χ0n) is 23.1. The first-order valence-corrected chi connectivity index (χ1v) is 14.1. The van der Waals surface area contributed by atoms with Crippen LogP contribution in [0.5, 0.6) is 0 Å². The number of aliphatic hydroxyl groups is 6. The minimum Gasteiger partial charge on any atom is -0.460 e. The summed E-state index contributed by atoms with van der Waals surface area (Å²) >= 11 is 0. The molecule has 0 unspecified atom stereocenters. The molecule has 40 heavy (non-hydrogen) atoms. The normalized spacial score (nSPS) is 36.2. The molecule has 0 saturated carbocycles. The minimum absolute atomic E-state index is 0.208. The molecule has 1 saturated heterocycles. The van der Waals surface area contributed by atoms with Crippen LogP contribution < -0.4 is 0 Å². The molecule has 6 N–H and O–H groups in total. The van der Waals surface area contributed by atoms with Gasteiger partial charge < -0.3 is 44.8 Å². The number of esters is 1. The van der Waals surface area contributed by atoms with E-state index >= 15 is 0 Å². The molecule has 2 aliphatic rings. The third kappa shape index (κ3) is 13.0. The van der Waals surface area contributed by atoms with Gasteiger partial charge in [-0.25, -0.2) is 4.79 Å². The van der Waals surface area contributed by atoms with Crippen molar-refractivity contribution in [3.05, 3.63) is 60.8 Å². The third-order valence-electron chi connectivity index (χ3n) is 6.66. The Kier molecular flexibility index (Phi) is 16.2. The van der Waals surface area contributed by atoms with Crippen molar-refractivity contribution >= 4 is 5.97 Å². The Balaban J connectivity index is 2.10. The SMILES string of the molecule is C[C@@H]1CCCCCC=C[C@H](O)C[C@@H](O)CC=CC=C[C@@H](O[C@H]2O[C@@H](CO)[C@H](O)[C@@H](O)[C@@H]2O)CC=CC=CC(=O)O1. The number of aliphatic hydroxyl groups excluding tert-OH is 6. The lowest BCUT2D eigenvalue weighted by molar-refractivity contribution is -0.307. The Morgan fingerprint density at radius 1 is 0.875 bits per heavy atom. The van der Waals surface area contributed by atoms with Crippen LogP contribution in [-0.2, 0) is 19.0 Å². The Hall–Kier alpha value is -2.15. The number of cyclic esters (lactones) is 1. The standard InChI is InChI=1S/C30H46O10/c1-21-13-7-3-2-4-8-14-22(32)19-23(33)15-9-5-10-16-24(17-11-6-12-18-26(34)38-21)39-30-29(37)28(36)27(35)25(20-31)40-30/h5-6,8-12,14,16,18,21-25,27-33,35-37H,2-4,7,13,15,17,19-20H2,1H3/t21-,22+,23+,24-,25+,27+,28-,29+,30+/m1/s1. The highest BCUT2D eigenvalue weighted by Gasteiger charge is 2.44. The molecular weight excluding hydrogens is 520 g/mol. The summed E-state index contributed by atoms with van der Waals surface area (Å²) in [6.07, 6.45) is 12.8. The van der Waals surface area contributed by atoms with Crippen LogP contribution in [0.4, 0.5) is 0 Å². The van der Waals surface area contributed by atoms with Crippen LogP contribution in [0.1, 0.15) is 58.3 Å². The average Bonchev–Trinajstić information content (AvgIpc) is 2.91. The summed E-state index contributed by atoms with van der Waals surface area (Å²) < 4.78 is 16.7. The van der Waals surface area contributed by atoms with Gasteiger partial charge in [0.2, 0.25) is 0 Å². The van der Waals surface area contributed by atoms with Gasteiger partial charge in [-0.15, -0.1) is 0 Å². The number of carbonyl (C=O) groups is 1. The predicted octanol–water partition coefficient (Wildman–Crippen LogP) is 1.74. The lowest BCUT2D eigenvalue weighted by Crippen LogP contribution is -2.59. The Morgan fingerprint density at radius 3 is 2.40 bits per heavy atom. The fourth-order valence-electron chi connectivity index (χ4n) is 4.33. The summed E-state index contributed by atoms with van der Waals surface area (Å²) in [6, 6.07) is 0. The van der Waals surface area contributed by atoms with E-state index in [2.05, 4.69) is 0 Å². The van der Waals surface area contributed by atoms with E-state index in [-0.39, 0.29) is 12.5 Å². The fourth-order valence-corrected chi connectivity index (χ4v) is 4.33. The number of rotatable bonds is 3. The van der Waals surface area contributed by atoms with Crippen LogP contribution in [0.15, 0.2) is 60.8 Å². The molecular formula is C30H46O10. The first-order chi connectivity index (χ1) is 19.2. The van der Waals surface area contributed by atoms with E-state index in [0.29, 0.717) is 12.8 Å². The van der Waals surface area contributed by atoms with E-state index < -0.39 is 61.6 Å². The average molecular weight is 567 g/mol. The first-order valence-electron chi connectivity index (χ1n) is 14.1. The topological polar surface area (TPSA) is 166 Å². The number of ether oxygens (including phenoxy) is 3. The summed E-state index contributed by atoms with van der Waals surface area (Å²) in [7, 11) is 0. The lowest BCUT2D eigenvalue weighted by atomic mass is 9.99. The highest BCUT2D eigenvalue weighted by atomic mass is 16.7. The molecule has 0 aromatic carbocycles. The molecule has 0 aromatic rings. The summed E-state index contributed by atoms with van der Waals surface area (Å²) in [5.74, 6) is -0.440. The van der Waals surface area contributed by atoms with Crippen molar-refractivity contribution in [3.63, 3.8) is 0 Å². The molecule has 0 amide bonds. The van der Waals surface area contributed by atoms with Gasteiger partial charge in [0.05, 0.1) is 31.0 Å². The molecule has 0 aliphatic carbocycles. The lowest BCUT2D eigenvalue weighted by Gasteiger charge is -2.40. The second-order valence-electron chi connectivity index (χ2n) is 10.2. The highest BCUT2D eigenvalue weighted by Crippen LogP contribution is 2.24. The smallest absolute Gasteiger partial charge is 0.331 e. The van der Waals surface area contributed by atoms with Gasteiger partial charge in [0, 0.05) is 12.5 Å². The number of hydrogen-bond donors (Lipinski definition) is 6. The largest absolute Gasteiger partial charge is 0.460 e. The summed E-state index contributed by atoms with van der Waals surface area (Å²) in [6.45, 7) is 1.29.